The molecular weight excluding hydrogens is 238 g/mol. The van der Waals surface area contributed by atoms with Crippen LogP contribution in [0.25, 0.3) is 0 Å². The van der Waals surface area contributed by atoms with E-state index in [0.29, 0.717) is 6.42 Å². The lowest BCUT2D eigenvalue weighted by molar-refractivity contribution is -0.116. The molecule has 1 rings (SSSR count). The Kier molecular flexibility index (Phi) is 7.77. The molecule has 1 amide bonds. The van der Waals surface area contributed by atoms with E-state index in [0.717, 1.165) is 11.3 Å². The first-order valence-corrected chi connectivity index (χ1v) is 6.40. The van der Waals surface area contributed by atoms with Gasteiger partial charge >= 0.3 is 0 Å². The average molecular weight is 263 g/mol. The number of carbonyl (C=O) groups is 1. The summed E-state index contributed by atoms with van der Waals surface area (Å²) in [5.74, 6) is 0.0620. The normalized spacial score (nSPS) is 11.1. The van der Waals surface area contributed by atoms with Gasteiger partial charge in [0, 0.05) is 19.7 Å². The molecular formula is C16H25NO2. The molecule has 0 saturated carbocycles. The van der Waals surface area contributed by atoms with E-state index in [1.54, 1.807) is 31.9 Å². The second-order valence-corrected chi connectivity index (χ2v) is 4.74. The predicted molar refractivity (Wildman–Crippen MR) is 81.5 cm³/mol. The topological polar surface area (TPSA) is 40.5 Å². The highest BCUT2D eigenvalue weighted by Gasteiger charge is 2.07. The third-order valence-electron chi connectivity index (χ3n) is 2.69. The second kappa shape index (κ2) is 8.48. The highest BCUT2D eigenvalue weighted by molar-refractivity contribution is 5.91. The number of hydrogen-bond donors (Lipinski definition) is 1. The van der Waals surface area contributed by atoms with Crippen LogP contribution in [0, 0.1) is 13.8 Å². The number of aliphatic hydroxyl groups excluding tert-OH is 1. The number of benzene rings is 1. The molecule has 106 valence electrons. The van der Waals surface area contributed by atoms with Gasteiger partial charge in [-0.15, -0.1) is 6.58 Å². The molecule has 19 heavy (non-hydrogen) atoms. The summed E-state index contributed by atoms with van der Waals surface area (Å²) in [6, 6.07) is 6.07. The summed E-state index contributed by atoms with van der Waals surface area (Å²) in [7, 11) is 1.79. The molecule has 0 heterocycles. The van der Waals surface area contributed by atoms with Gasteiger partial charge in [0.1, 0.15) is 0 Å². The van der Waals surface area contributed by atoms with Gasteiger partial charge in [0.05, 0.1) is 6.10 Å². The number of rotatable bonds is 3. The Morgan fingerprint density at radius 3 is 2.37 bits per heavy atom. The van der Waals surface area contributed by atoms with Crippen molar-refractivity contribution in [2.45, 2.75) is 40.2 Å². The Hall–Kier alpha value is -1.61. The molecule has 1 unspecified atom stereocenters. The van der Waals surface area contributed by atoms with Crippen LogP contribution in [0.15, 0.2) is 30.9 Å². The van der Waals surface area contributed by atoms with Crippen LogP contribution in [0.5, 0.6) is 0 Å². The number of anilines is 1. The fraction of sp³-hybridized carbons (Fsp3) is 0.438. The molecule has 0 fully saturated rings. The maximum atomic E-state index is 11.1. The van der Waals surface area contributed by atoms with E-state index in [1.807, 2.05) is 26.0 Å². The van der Waals surface area contributed by atoms with E-state index in [1.165, 1.54) is 5.56 Å². The molecule has 0 aliphatic rings. The first-order valence-electron chi connectivity index (χ1n) is 6.40. The van der Waals surface area contributed by atoms with Gasteiger partial charge in [-0.2, -0.15) is 0 Å². The number of hydrogen-bond acceptors (Lipinski definition) is 2. The van der Waals surface area contributed by atoms with Crippen molar-refractivity contribution in [1.29, 1.82) is 0 Å². The minimum absolute atomic E-state index is 0.0620. The zero-order valence-corrected chi connectivity index (χ0v) is 12.6. The molecule has 0 aromatic heterocycles. The van der Waals surface area contributed by atoms with Crippen LogP contribution in [0.2, 0.25) is 0 Å². The van der Waals surface area contributed by atoms with E-state index >= 15 is 0 Å². The first kappa shape index (κ1) is 17.4. The zero-order valence-electron chi connectivity index (χ0n) is 12.6. The molecule has 1 atom stereocenters. The fourth-order valence-corrected chi connectivity index (χ4v) is 1.59. The Bertz CT molecular complexity index is 425. The van der Waals surface area contributed by atoms with Crippen molar-refractivity contribution in [2.75, 3.05) is 11.9 Å². The van der Waals surface area contributed by atoms with Crippen LogP contribution in [-0.4, -0.2) is 24.2 Å². The second-order valence-electron chi connectivity index (χ2n) is 4.74. The van der Waals surface area contributed by atoms with Crippen LogP contribution in [0.3, 0.4) is 0 Å². The maximum absolute atomic E-state index is 11.1. The summed E-state index contributed by atoms with van der Waals surface area (Å²) >= 11 is 0. The number of carbonyl (C=O) groups excluding carboxylic acids is 1. The Balaban J connectivity index is 0.000000459. The number of aliphatic hydroxyl groups is 1. The van der Waals surface area contributed by atoms with Crippen LogP contribution >= 0.6 is 0 Å². The van der Waals surface area contributed by atoms with E-state index in [-0.39, 0.29) is 12.0 Å². The molecule has 1 aromatic carbocycles. The van der Waals surface area contributed by atoms with Gasteiger partial charge in [0.25, 0.3) is 0 Å². The number of nitrogens with zero attached hydrogens (tertiary/aromatic N) is 1. The third-order valence-corrected chi connectivity index (χ3v) is 2.69. The molecule has 3 heteroatoms. The summed E-state index contributed by atoms with van der Waals surface area (Å²) < 4.78 is 0. The molecule has 3 nitrogen and oxygen atoms in total. The first-order chi connectivity index (χ1) is 8.79. The van der Waals surface area contributed by atoms with Crippen molar-refractivity contribution in [3.8, 4) is 0 Å². The molecule has 0 saturated heterocycles. The zero-order chi connectivity index (χ0) is 15.0. The average Bonchev–Trinajstić information content (AvgIpc) is 2.28. The summed E-state index contributed by atoms with van der Waals surface area (Å²) in [5, 5.41) is 8.48. The summed E-state index contributed by atoms with van der Waals surface area (Å²) in [4.78, 5) is 12.8. The van der Waals surface area contributed by atoms with Crippen LogP contribution in [0.1, 0.15) is 31.4 Å². The van der Waals surface area contributed by atoms with Gasteiger partial charge in [0.2, 0.25) is 5.91 Å². The Morgan fingerprint density at radius 2 is 2.05 bits per heavy atom. The monoisotopic (exact) mass is 263 g/mol. The molecule has 1 N–H and O–H groups in total. The lowest BCUT2D eigenvalue weighted by Gasteiger charge is -2.17. The largest absolute Gasteiger partial charge is 0.393 e. The Labute approximate surface area is 116 Å². The van der Waals surface area contributed by atoms with E-state index < -0.39 is 0 Å². The minimum Gasteiger partial charge on any atom is -0.393 e. The van der Waals surface area contributed by atoms with E-state index in [9.17, 15) is 4.79 Å². The van der Waals surface area contributed by atoms with Crippen LogP contribution < -0.4 is 4.90 Å². The van der Waals surface area contributed by atoms with Gasteiger partial charge < -0.3 is 10.0 Å². The van der Waals surface area contributed by atoms with Crippen molar-refractivity contribution in [1.82, 2.24) is 0 Å². The highest BCUT2D eigenvalue weighted by atomic mass is 16.3. The minimum atomic E-state index is -0.220. The number of aryl methyl sites for hydroxylation is 2. The highest BCUT2D eigenvalue weighted by Crippen LogP contribution is 2.19. The van der Waals surface area contributed by atoms with E-state index in [4.69, 9.17) is 5.11 Å². The quantitative estimate of drug-likeness (QED) is 0.851. The van der Waals surface area contributed by atoms with E-state index in [2.05, 4.69) is 12.6 Å². The maximum Gasteiger partial charge on any atom is 0.223 e. The smallest absolute Gasteiger partial charge is 0.223 e. The van der Waals surface area contributed by atoms with Crippen LogP contribution in [-0.2, 0) is 4.79 Å². The molecule has 0 radical (unpaired) electrons. The van der Waals surface area contributed by atoms with Gasteiger partial charge in [0.15, 0.2) is 0 Å². The molecule has 0 spiro atoms. The lowest BCUT2D eigenvalue weighted by Crippen LogP contribution is -2.23. The fourth-order valence-electron chi connectivity index (χ4n) is 1.59. The Morgan fingerprint density at radius 1 is 1.47 bits per heavy atom. The van der Waals surface area contributed by atoms with Gasteiger partial charge in [-0.1, -0.05) is 23.8 Å². The van der Waals surface area contributed by atoms with Gasteiger partial charge in [-0.3, -0.25) is 4.79 Å². The number of amides is 1. The van der Waals surface area contributed by atoms with Crippen molar-refractivity contribution < 1.29 is 9.90 Å². The molecule has 0 bridgehead atoms. The van der Waals surface area contributed by atoms with Crippen LogP contribution in [0.4, 0.5) is 5.69 Å². The SMILES string of the molecule is C=CCC(C)O.CC(=O)N(C)c1ccc(C)cc1C. The van der Waals surface area contributed by atoms with Crippen molar-refractivity contribution in [3.05, 3.63) is 42.0 Å². The molecule has 0 aliphatic heterocycles. The molecule has 0 aliphatic carbocycles. The van der Waals surface area contributed by atoms with Crippen molar-refractivity contribution >= 4 is 11.6 Å². The summed E-state index contributed by atoms with van der Waals surface area (Å²) in [5.41, 5.74) is 3.34. The third kappa shape index (κ3) is 6.77. The predicted octanol–water partition coefficient (Wildman–Crippen LogP) is 3.23. The molecule has 1 aromatic rings. The standard InChI is InChI=1S/C11H15NO.C5H10O/c1-8-5-6-11(9(2)7-8)12(4)10(3)13;1-3-4-5(2)6/h5-7H,1-4H3;3,5-6H,1,4H2,2H3. The van der Waals surface area contributed by atoms with Gasteiger partial charge in [-0.05, 0) is 38.8 Å². The summed E-state index contributed by atoms with van der Waals surface area (Å²) in [6.45, 7) is 10.8. The van der Waals surface area contributed by atoms with Gasteiger partial charge in [-0.25, -0.2) is 0 Å². The summed E-state index contributed by atoms with van der Waals surface area (Å²) in [6.07, 6.45) is 2.17. The lowest BCUT2D eigenvalue weighted by atomic mass is 10.1. The van der Waals surface area contributed by atoms with Crippen molar-refractivity contribution in [2.24, 2.45) is 0 Å². The van der Waals surface area contributed by atoms with Crippen molar-refractivity contribution in [3.63, 3.8) is 0 Å².